The summed E-state index contributed by atoms with van der Waals surface area (Å²) in [5.74, 6) is 0.241. The fourth-order valence-electron chi connectivity index (χ4n) is 3.77. The first-order valence-corrected chi connectivity index (χ1v) is 8.89. The fraction of sp³-hybridized carbons (Fsp3) is 0.533. The molecule has 1 N–H and O–H groups in total. The Bertz CT molecular complexity index is 761. The fourth-order valence-corrected chi connectivity index (χ4v) is 4.60. The van der Waals surface area contributed by atoms with E-state index in [4.69, 9.17) is 5.11 Å². The van der Waals surface area contributed by atoms with E-state index in [1.54, 1.807) is 6.07 Å². The van der Waals surface area contributed by atoms with Crippen LogP contribution < -0.4 is 0 Å². The standard InChI is InChI=1S/C15H16F3NO4S/c16-15(17,18)24(22,23)12-3-1-2-10(5-12)4-11-6-14(7-11)8-19(9-14)13(20)21/h1-3,5,11H,4,6-9H2,(H,20,21). The first-order valence-electron chi connectivity index (χ1n) is 7.41. The van der Waals surface area contributed by atoms with E-state index in [0.717, 1.165) is 25.0 Å². The Balaban J connectivity index is 1.63. The highest BCUT2D eigenvalue weighted by molar-refractivity contribution is 7.92. The number of hydrogen-bond donors (Lipinski definition) is 1. The highest BCUT2D eigenvalue weighted by atomic mass is 32.2. The van der Waals surface area contributed by atoms with Gasteiger partial charge in [0.2, 0.25) is 0 Å². The smallest absolute Gasteiger partial charge is 0.465 e. The third-order valence-electron chi connectivity index (χ3n) is 4.80. The second kappa shape index (κ2) is 5.37. The molecule has 0 aromatic heterocycles. The summed E-state index contributed by atoms with van der Waals surface area (Å²) < 4.78 is 60.7. The predicted octanol–water partition coefficient (Wildman–Crippen LogP) is 2.91. The number of halogens is 3. The largest absolute Gasteiger partial charge is 0.501 e. The number of sulfone groups is 1. The van der Waals surface area contributed by atoms with Gasteiger partial charge in [0, 0.05) is 18.5 Å². The lowest BCUT2D eigenvalue weighted by Gasteiger charge is -2.58. The van der Waals surface area contributed by atoms with Crippen LogP contribution in [-0.4, -0.2) is 43.1 Å². The zero-order valence-electron chi connectivity index (χ0n) is 12.6. The molecule has 1 aliphatic carbocycles. The Kier molecular flexibility index (Phi) is 3.82. The van der Waals surface area contributed by atoms with E-state index in [9.17, 15) is 26.4 Å². The van der Waals surface area contributed by atoms with Crippen LogP contribution in [0.3, 0.4) is 0 Å². The summed E-state index contributed by atoms with van der Waals surface area (Å²) in [7, 11) is -5.33. The molecule has 1 saturated carbocycles. The van der Waals surface area contributed by atoms with Crippen molar-refractivity contribution < 1.29 is 31.5 Å². The molecule has 9 heteroatoms. The number of hydrogen-bond acceptors (Lipinski definition) is 3. The van der Waals surface area contributed by atoms with Crippen LogP contribution in [0.2, 0.25) is 0 Å². The molecule has 1 amide bonds. The van der Waals surface area contributed by atoms with E-state index < -0.39 is 26.3 Å². The Morgan fingerprint density at radius 3 is 2.46 bits per heavy atom. The molecule has 1 aromatic carbocycles. The van der Waals surface area contributed by atoms with Gasteiger partial charge in [-0.3, -0.25) is 0 Å². The van der Waals surface area contributed by atoms with Crippen LogP contribution in [0.4, 0.5) is 18.0 Å². The number of rotatable bonds is 3. The number of likely N-dealkylation sites (tertiary alicyclic amines) is 1. The Morgan fingerprint density at radius 1 is 1.29 bits per heavy atom. The van der Waals surface area contributed by atoms with Gasteiger partial charge in [0.05, 0.1) is 4.90 Å². The molecule has 1 saturated heterocycles. The van der Waals surface area contributed by atoms with E-state index >= 15 is 0 Å². The van der Waals surface area contributed by atoms with Crippen molar-refractivity contribution in [2.75, 3.05) is 13.1 Å². The molecule has 3 rings (SSSR count). The van der Waals surface area contributed by atoms with Crippen LogP contribution >= 0.6 is 0 Å². The summed E-state index contributed by atoms with van der Waals surface area (Å²) in [6.07, 6.45) is 1.19. The normalized spacial score (nSPS) is 20.5. The molecule has 0 bridgehead atoms. The SMILES string of the molecule is O=C(O)N1CC2(CC(Cc3cccc(S(=O)(=O)C(F)(F)F)c3)C2)C1. The molecule has 24 heavy (non-hydrogen) atoms. The lowest BCUT2D eigenvalue weighted by Crippen LogP contribution is -2.63. The minimum absolute atomic E-state index is 0.0126. The predicted molar refractivity (Wildman–Crippen MR) is 78.1 cm³/mol. The molecular weight excluding hydrogens is 347 g/mol. The van der Waals surface area contributed by atoms with Gasteiger partial charge in [0.25, 0.3) is 9.84 Å². The number of nitrogens with zero attached hydrogens (tertiary/aromatic N) is 1. The highest BCUT2D eigenvalue weighted by Gasteiger charge is 2.53. The summed E-state index contributed by atoms with van der Waals surface area (Å²) in [6.45, 7) is 1.00. The molecule has 132 valence electrons. The van der Waals surface area contributed by atoms with Crippen molar-refractivity contribution in [3.8, 4) is 0 Å². The number of benzene rings is 1. The van der Waals surface area contributed by atoms with E-state index in [0.29, 0.717) is 25.1 Å². The van der Waals surface area contributed by atoms with Crippen molar-refractivity contribution in [1.82, 2.24) is 4.90 Å². The van der Waals surface area contributed by atoms with Gasteiger partial charge in [0.15, 0.2) is 0 Å². The second-order valence-electron chi connectivity index (χ2n) is 6.71. The molecular formula is C15H16F3NO4S. The van der Waals surface area contributed by atoms with Crippen LogP contribution in [0.15, 0.2) is 29.2 Å². The first-order chi connectivity index (χ1) is 11.0. The van der Waals surface area contributed by atoms with Crippen molar-refractivity contribution in [1.29, 1.82) is 0 Å². The maximum atomic E-state index is 12.6. The minimum atomic E-state index is -5.33. The molecule has 1 spiro atoms. The van der Waals surface area contributed by atoms with Gasteiger partial charge in [-0.2, -0.15) is 13.2 Å². The van der Waals surface area contributed by atoms with Crippen LogP contribution in [0, 0.1) is 11.3 Å². The lowest BCUT2D eigenvalue weighted by molar-refractivity contribution is -0.0794. The van der Waals surface area contributed by atoms with Crippen LogP contribution in [0.5, 0.6) is 0 Å². The zero-order valence-corrected chi connectivity index (χ0v) is 13.4. The van der Waals surface area contributed by atoms with Crippen molar-refractivity contribution >= 4 is 15.9 Å². The summed E-state index contributed by atoms with van der Waals surface area (Å²) in [4.78, 5) is 11.4. The Labute approximate surface area is 137 Å². The van der Waals surface area contributed by atoms with Gasteiger partial charge in [-0.1, -0.05) is 12.1 Å². The highest BCUT2D eigenvalue weighted by Crippen LogP contribution is 2.52. The third kappa shape index (κ3) is 2.85. The number of carboxylic acid groups (broad SMARTS) is 1. The summed E-state index contributed by atoms with van der Waals surface area (Å²) >= 11 is 0. The first kappa shape index (κ1) is 17.1. The van der Waals surface area contributed by atoms with Crippen LogP contribution in [0.1, 0.15) is 18.4 Å². The molecule has 2 fully saturated rings. The minimum Gasteiger partial charge on any atom is -0.465 e. The van der Waals surface area contributed by atoms with Crippen molar-refractivity contribution in [2.45, 2.75) is 29.7 Å². The monoisotopic (exact) mass is 363 g/mol. The Hall–Kier alpha value is -1.77. The molecule has 0 radical (unpaired) electrons. The van der Waals surface area contributed by atoms with Crippen LogP contribution in [0.25, 0.3) is 0 Å². The summed E-state index contributed by atoms with van der Waals surface area (Å²) in [5, 5.41) is 8.84. The van der Waals surface area contributed by atoms with Gasteiger partial charge in [-0.05, 0) is 42.9 Å². The number of amides is 1. The molecule has 5 nitrogen and oxygen atoms in total. The molecule has 0 atom stereocenters. The zero-order chi connectivity index (χ0) is 17.8. The van der Waals surface area contributed by atoms with Crippen molar-refractivity contribution in [3.63, 3.8) is 0 Å². The maximum absolute atomic E-state index is 12.6. The van der Waals surface area contributed by atoms with Gasteiger partial charge < -0.3 is 10.0 Å². The quantitative estimate of drug-likeness (QED) is 0.896. The second-order valence-corrected chi connectivity index (χ2v) is 8.65. The average molecular weight is 363 g/mol. The van der Waals surface area contributed by atoms with Gasteiger partial charge in [-0.15, -0.1) is 0 Å². The Morgan fingerprint density at radius 2 is 1.92 bits per heavy atom. The number of alkyl halides is 3. The summed E-state index contributed by atoms with van der Waals surface area (Å²) in [6, 6.07) is 4.96. The lowest BCUT2D eigenvalue weighted by atomic mass is 9.56. The molecule has 0 unspecified atom stereocenters. The average Bonchev–Trinajstić information content (AvgIpc) is 2.38. The topological polar surface area (TPSA) is 74.7 Å². The molecule has 2 aliphatic rings. The van der Waals surface area contributed by atoms with Gasteiger partial charge in [-0.25, -0.2) is 13.2 Å². The van der Waals surface area contributed by atoms with Gasteiger partial charge >= 0.3 is 11.6 Å². The molecule has 1 heterocycles. The van der Waals surface area contributed by atoms with E-state index in [2.05, 4.69) is 0 Å². The van der Waals surface area contributed by atoms with Crippen LogP contribution in [-0.2, 0) is 16.3 Å². The molecule has 1 aromatic rings. The van der Waals surface area contributed by atoms with E-state index in [1.165, 1.54) is 11.0 Å². The van der Waals surface area contributed by atoms with E-state index in [1.807, 2.05) is 0 Å². The number of carbonyl (C=O) groups is 1. The third-order valence-corrected chi connectivity index (χ3v) is 6.29. The molecule has 1 aliphatic heterocycles. The maximum Gasteiger partial charge on any atom is 0.501 e. The summed E-state index contributed by atoms with van der Waals surface area (Å²) in [5.41, 5.74) is -4.74. The van der Waals surface area contributed by atoms with E-state index in [-0.39, 0.29) is 11.3 Å². The van der Waals surface area contributed by atoms with Gasteiger partial charge in [0.1, 0.15) is 0 Å². The van der Waals surface area contributed by atoms with Crippen molar-refractivity contribution in [3.05, 3.63) is 29.8 Å². The van der Waals surface area contributed by atoms with Crippen molar-refractivity contribution in [2.24, 2.45) is 11.3 Å².